The molecule has 0 aliphatic heterocycles. The normalized spacial score (nSPS) is 13.0. The van der Waals surface area contributed by atoms with Crippen LogP contribution < -0.4 is 0 Å². The first-order valence-electron chi connectivity index (χ1n) is 3.70. The SMILES string of the molecule is O=C(c1ccccc1)C(O)/C=N\O. The predicted octanol–water partition coefficient (Wildman–Crippen LogP) is 0.690. The number of aliphatic hydroxyl groups is 1. The molecule has 1 unspecified atom stereocenters. The zero-order valence-electron chi connectivity index (χ0n) is 6.79. The summed E-state index contributed by atoms with van der Waals surface area (Å²) in [6, 6.07) is 8.31. The number of aliphatic hydroxyl groups excluding tert-OH is 1. The van der Waals surface area contributed by atoms with Crippen molar-refractivity contribution in [2.75, 3.05) is 0 Å². The molecule has 0 bridgehead atoms. The molecule has 0 fully saturated rings. The van der Waals surface area contributed by atoms with E-state index in [1.165, 1.54) is 0 Å². The van der Waals surface area contributed by atoms with Crippen LogP contribution in [0.5, 0.6) is 0 Å². The highest BCUT2D eigenvalue weighted by atomic mass is 16.4. The van der Waals surface area contributed by atoms with E-state index < -0.39 is 11.9 Å². The van der Waals surface area contributed by atoms with Crippen molar-refractivity contribution in [3.8, 4) is 0 Å². The van der Waals surface area contributed by atoms with Gasteiger partial charge < -0.3 is 10.3 Å². The molecule has 0 radical (unpaired) electrons. The van der Waals surface area contributed by atoms with Crippen molar-refractivity contribution >= 4 is 12.0 Å². The van der Waals surface area contributed by atoms with E-state index in [9.17, 15) is 4.79 Å². The van der Waals surface area contributed by atoms with Crippen molar-refractivity contribution < 1.29 is 15.1 Å². The molecule has 1 aromatic carbocycles. The third kappa shape index (κ3) is 2.38. The number of rotatable bonds is 3. The third-order valence-electron chi connectivity index (χ3n) is 1.53. The molecule has 13 heavy (non-hydrogen) atoms. The number of nitrogens with zero attached hydrogens (tertiary/aromatic N) is 1. The minimum Gasteiger partial charge on any atom is -0.411 e. The maximum Gasteiger partial charge on any atom is 0.196 e. The Balaban J connectivity index is 2.80. The summed E-state index contributed by atoms with van der Waals surface area (Å²) in [5.41, 5.74) is 0.384. The third-order valence-corrected chi connectivity index (χ3v) is 1.53. The van der Waals surface area contributed by atoms with Crippen LogP contribution >= 0.6 is 0 Å². The minimum atomic E-state index is -1.38. The Morgan fingerprint density at radius 2 is 2.00 bits per heavy atom. The van der Waals surface area contributed by atoms with Gasteiger partial charge in [0.05, 0.1) is 6.21 Å². The highest BCUT2D eigenvalue weighted by Gasteiger charge is 2.14. The van der Waals surface area contributed by atoms with E-state index in [0.717, 1.165) is 6.21 Å². The highest BCUT2D eigenvalue weighted by molar-refractivity contribution is 6.08. The lowest BCUT2D eigenvalue weighted by molar-refractivity contribution is 0.0845. The standard InChI is InChI=1S/C9H9NO3/c11-8(6-10-13)9(12)7-4-2-1-3-5-7/h1-6,8,11,13H/b10-6-. The Morgan fingerprint density at radius 1 is 1.38 bits per heavy atom. The predicted molar refractivity (Wildman–Crippen MR) is 47.1 cm³/mol. The van der Waals surface area contributed by atoms with Gasteiger partial charge in [-0.15, -0.1) is 0 Å². The number of Topliss-reactive ketones (excluding diaryl/α,β-unsaturated/α-hetero) is 1. The van der Waals surface area contributed by atoms with Crippen LogP contribution in [-0.2, 0) is 0 Å². The zero-order valence-corrected chi connectivity index (χ0v) is 6.79. The van der Waals surface area contributed by atoms with Gasteiger partial charge in [0.2, 0.25) is 0 Å². The van der Waals surface area contributed by atoms with E-state index in [-0.39, 0.29) is 0 Å². The van der Waals surface area contributed by atoms with E-state index in [0.29, 0.717) is 5.56 Å². The molecule has 0 saturated heterocycles. The summed E-state index contributed by atoms with van der Waals surface area (Å²) in [4.78, 5) is 11.3. The first-order valence-corrected chi connectivity index (χ1v) is 3.70. The van der Waals surface area contributed by atoms with Gasteiger partial charge in [0.15, 0.2) is 11.9 Å². The van der Waals surface area contributed by atoms with Gasteiger partial charge in [-0.25, -0.2) is 0 Å². The lowest BCUT2D eigenvalue weighted by Gasteiger charge is -2.02. The van der Waals surface area contributed by atoms with Gasteiger partial charge in [-0.05, 0) is 0 Å². The van der Waals surface area contributed by atoms with Gasteiger partial charge in [-0.2, -0.15) is 0 Å². The molecule has 4 nitrogen and oxygen atoms in total. The van der Waals surface area contributed by atoms with E-state index in [1.807, 2.05) is 0 Å². The maximum absolute atomic E-state index is 11.3. The van der Waals surface area contributed by atoms with Crippen molar-refractivity contribution in [3.63, 3.8) is 0 Å². The molecule has 0 heterocycles. The van der Waals surface area contributed by atoms with Crippen molar-refractivity contribution in [1.82, 2.24) is 0 Å². The van der Waals surface area contributed by atoms with Crippen LogP contribution in [0.4, 0.5) is 0 Å². The molecule has 0 spiro atoms. The van der Waals surface area contributed by atoms with Gasteiger partial charge in [0.25, 0.3) is 0 Å². The summed E-state index contributed by atoms with van der Waals surface area (Å²) in [6.07, 6.45) is -0.609. The zero-order chi connectivity index (χ0) is 9.68. The quantitative estimate of drug-likeness (QED) is 0.310. The Morgan fingerprint density at radius 3 is 2.54 bits per heavy atom. The Labute approximate surface area is 75.1 Å². The van der Waals surface area contributed by atoms with E-state index in [4.69, 9.17) is 10.3 Å². The van der Waals surface area contributed by atoms with Crippen LogP contribution in [0, 0.1) is 0 Å². The molecule has 1 atom stereocenters. The van der Waals surface area contributed by atoms with E-state index in [2.05, 4.69) is 5.16 Å². The summed E-state index contributed by atoms with van der Waals surface area (Å²) < 4.78 is 0. The molecule has 0 amide bonds. The van der Waals surface area contributed by atoms with Crippen LogP contribution in [0.1, 0.15) is 10.4 Å². The van der Waals surface area contributed by atoms with Gasteiger partial charge in [0, 0.05) is 5.56 Å². The largest absolute Gasteiger partial charge is 0.411 e. The lowest BCUT2D eigenvalue weighted by atomic mass is 10.1. The van der Waals surface area contributed by atoms with E-state index in [1.54, 1.807) is 30.3 Å². The smallest absolute Gasteiger partial charge is 0.196 e. The molecule has 0 aromatic heterocycles. The maximum atomic E-state index is 11.3. The summed E-state index contributed by atoms with van der Waals surface area (Å²) in [5.74, 6) is -0.488. The monoisotopic (exact) mass is 179 g/mol. The number of hydrogen-bond acceptors (Lipinski definition) is 4. The number of ketones is 1. The number of carbonyl (C=O) groups excluding carboxylic acids is 1. The Bertz CT molecular complexity index is 308. The topological polar surface area (TPSA) is 69.9 Å². The minimum absolute atomic E-state index is 0.384. The second-order valence-electron chi connectivity index (χ2n) is 2.44. The Hall–Kier alpha value is -1.68. The van der Waals surface area contributed by atoms with Crippen LogP contribution in [0.15, 0.2) is 35.5 Å². The fourth-order valence-electron chi connectivity index (χ4n) is 0.904. The molecule has 0 aliphatic carbocycles. The van der Waals surface area contributed by atoms with Crippen LogP contribution in [0.3, 0.4) is 0 Å². The summed E-state index contributed by atoms with van der Waals surface area (Å²) >= 11 is 0. The lowest BCUT2D eigenvalue weighted by Crippen LogP contribution is -2.21. The van der Waals surface area contributed by atoms with Crippen LogP contribution in [-0.4, -0.2) is 28.4 Å². The van der Waals surface area contributed by atoms with Crippen molar-refractivity contribution in [1.29, 1.82) is 0 Å². The molecular weight excluding hydrogens is 170 g/mol. The highest BCUT2D eigenvalue weighted by Crippen LogP contribution is 2.02. The number of carbonyl (C=O) groups is 1. The average Bonchev–Trinajstić information content (AvgIpc) is 2.18. The van der Waals surface area contributed by atoms with Crippen molar-refractivity contribution in [2.45, 2.75) is 6.10 Å². The second kappa shape index (κ2) is 4.37. The van der Waals surface area contributed by atoms with Crippen molar-refractivity contribution in [3.05, 3.63) is 35.9 Å². The first-order chi connectivity index (χ1) is 6.25. The number of hydrogen-bond donors (Lipinski definition) is 2. The molecule has 1 rings (SSSR count). The molecular formula is C9H9NO3. The first kappa shape index (κ1) is 9.41. The number of oxime groups is 1. The van der Waals surface area contributed by atoms with Crippen molar-refractivity contribution in [2.24, 2.45) is 5.16 Å². The van der Waals surface area contributed by atoms with Crippen LogP contribution in [0.25, 0.3) is 0 Å². The molecule has 4 heteroatoms. The second-order valence-corrected chi connectivity index (χ2v) is 2.44. The van der Waals surface area contributed by atoms with Gasteiger partial charge in [0.1, 0.15) is 0 Å². The summed E-state index contributed by atoms with van der Waals surface area (Å²) in [7, 11) is 0. The van der Waals surface area contributed by atoms with Gasteiger partial charge >= 0.3 is 0 Å². The molecule has 0 saturated carbocycles. The van der Waals surface area contributed by atoms with Crippen LogP contribution in [0.2, 0.25) is 0 Å². The summed E-state index contributed by atoms with van der Waals surface area (Å²) in [6.45, 7) is 0. The van der Waals surface area contributed by atoms with Gasteiger partial charge in [-0.1, -0.05) is 35.5 Å². The average molecular weight is 179 g/mol. The Kier molecular flexibility index (Phi) is 3.16. The fourth-order valence-corrected chi connectivity index (χ4v) is 0.904. The van der Waals surface area contributed by atoms with E-state index >= 15 is 0 Å². The number of benzene rings is 1. The molecule has 0 aliphatic rings. The molecule has 68 valence electrons. The van der Waals surface area contributed by atoms with Gasteiger partial charge in [-0.3, -0.25) is 4.79 Å². The molecule has 2 N–H and O–H groups in total. The fraction of sp³-hybridized carbons (Fsp3) is 0.111. The molecule has 1 aromatic rings. The summed E-state index contributed by atoms with van der Waals surface area (Å²) in [5, 5.41) is 19.8.